The van der Waals surface area contributed by atoms with Crippen LogP contribution in [0.25, 0.3) is 16.4 Å². The fraction of sp³-hybridized carbons (Fsp3) is 0.250. The molecule has 1 amide bonds. The van der Waals surface area contributed by atoms with Crippen molar-refractivity contribution in [1.29, 1.82) is 0 Å². The summed E-state index contributed by atoms with van der Waals surface area (Å²) in [6.45, 7) is 3.38. The summed E-state index contributed by atoms with van der Waals surface area (Å²) in [5, 5.41) is 4.92. The highest BCUT2D eigenvalue weighted by atomic mass is 32.2. The molecule has 0 aliphatic heterocycles. The lowest BCUT2D eigenvalue weighted by Crippen LogP contribution is -2.23. The highest BCUT2D eigenvalue weighted by Gasteiger charge is 2.36. The van der Waals surface area contributed by atoms with Crippen molar-refractivity contribution in [3.63, 3.8) is 0 Å². The fourth-order valence-electron chi connectivity index (χ4n) is 4.11. The van der Waals surface area contributed by atoms with Crippen LogP contribution in [0, 0.1) is 0 Å². The van der Waals surface area contributed by atoms with E-state index in [9.17, 15) is 21.6 Å². The molecule has 11 heteroatoms. The molecule has 4 rings (SSSR count). The number of carbonyl (C=O) groups is 1. The summed E-state index contributed by atoms with van der Waals surface area (Å²) in [6.07, 6.45) is 5.22. The number of amides is 1. The fourth-order valence-corrected chi connectivity index (χ4v) is 8.10. The van der Waals surface area contributed by atoms with Gasteiger partial charge in [-0.1, -0.05) is 38.1 Å². The zero-order valence-corrected chi connectivity index (χ0v) is 21.0. The van der Waals surface area contributed by atoms with Crippen molar-refractivity contribution in [2.75, 3.05) is 11.5 Å². The van der Waals surface area contributed by atoms with Crippen LogP contribution >= 0.6 is 0 Å². The number of benzene rings is 1. The lowest BCUT2D eigenvalue weighted by Gasteiger charge is -2.08. The van der Waals surface area contributed by atoms with E-state index in [1.807, 2.05) is 24.3 Å². The number of nitrogens with zero attached hydrogens (tertiary/aromatic N) is 2. The molecular formula is C24H26N4O5S2. The van der Waals surface area contributed by atoms with Gasteiger partial charge in [0.1, 0.15) is 15.5 Å². The Hall–Kier alpha value is -3.44. The molecule has 0 aliphatic carbocycles. The predicted molar refractivity (Wildman–Crippen MR) is 135 cm³/mol. The van der Waals surface area contributed by atoms with E-state index in [0.717, 1.165) is 16.5 Å². The van der Waals surface area contributed by atoms with Gasteiger partial charge in [0.05, 0.1) is 23.2 Å². The standard InChI is InChI=1S/C24H26N4O5S2/c1-3-13-34(30,31)22-20-11-7-8-12-28(20)21(23(22)35(32,33)14-4-2)24(29)27-26-16-17-15-25-19-10-6-5-9-18(17)19/h5-12,15-16,25H,3-4,13-14H2,1-2H3,(H,27,29)/b26-16+. The topological polar surface area (TPSA) is 130 Å². The molecule has 184 valence electrons. The van der Waals surface area contributed by atoms with Crippen molar-refractivity contribution in [2.24, 2.45) is 5.10 Å². The summed E-state index contributed by atoms with van der Waals surface area (Å²) in [4.78, 5) is 15.6. The minimum atomic E-state index is -4.09. The molecule has 0 aliphatic rings. The van der Waals surface area contributed by atoms with Crippen LogP contribution < -0.4 is 5.43 Å². The van der Waals surface area contributed by atoms with Crippen molar-refractivity contribution in [1.82, 2.24) is 14.8 Å². The van der Waals surface area contributed by atoms with Gasteiger partial charge in [-0.3, -0.25) is 4.79 Å². The minimum Gasteiger partial charge on any atom is -0.361 e. The zero-order valence-electron chi connectivity index (χ0n) is 19.4. The van der Waals surface area contributed by atoms with Gasteiger partial charge in [-0.15, -0.1) is 0 Å². The summed E-state index contributed by atoms with van der Waals surface area (Å²) >= 11 is 0. The number of hydrogen-bond acceptors (Lipinski definition) is 6. The molecule has 2 N–H and O–H groups in total. The Labute approximate surface area is 203 Å². The highest BCUT2D eigenvalue weighted by Crippen LogP contribution is 2.34. The molecule has 0 fully saturated rings. The first-order chi connectivity index (χ1) is 16.7. The van der Waals surface area contributed by atoms with Gasteiger partial charge in [0.2, 0.25) is 0 Å². The zero-order chi connectivity index (χ0) is 25.2. The average Bonchev–Trinajstić information content (AvgIpc) is 3.39. The maximum atomic E-state index is 13.3. The number of rotatable bonds is 9. The average molecular weight is 515 g/mol. The van der Waals surface area contributed by atoms with Crippen LogP contribution in [0.5, 0.6) is 0 Å². The number of aromatic nitrogens is 2. The second-order valence-corrected chi connectivity index (χ2v) is 12.2. The summed E-state index contributed by atoms with van der Waals surface area (Å²) in [5.74, 6) is -1.36. The SMILES string of the molecule is CCCS(=O)(=O)c1c(S(=O)(=O)CCC)c2ccccn2c1C(=O)N/N=C/c1c[nH]c2ccccc12. The van der Waals surface area contributed by atoms with E-state index in [1.165, 1.54) is 22.9 Å². The first kappa shape index (κ1) is 24.7. The number of sulfone groups is 2. The maximum absolute atomic E-state index is 13.3. The molecule has 35 heavy (non-hydrogen) atoms. The number of pyridine rings is 1. The lowest BCUT2D eigenvalue weighted by molar-refractivity contribution is 0.0945. The molecule has 3 aromatic heterocycles. The van der Waals surface area contributed by atoms with Crippen molar-refractivity contribution in [3.05, 3.63) is 66.1 Å². The molecule has 0 bridgehead atoms. The van der Waals surface area contributed by atoms with Crippen LogP contribution in [0.2, 0.25) is 0 Å². The number of fused-ring (bicyclic) bond motifs is 2. The third-order valence-corrected chi connectivity index (χ3v) is 9.60. The molecule has 0 radical (unpaired) electrons. The molecule has 0 saturated carbocycles. The van der Waals surface area contributed by atoms with Gasteiger partial charge in [-0.2, -0.15) is 5.10 Å². The Morgan fingerprint density at radius 1 is 0.971 bits per heavy atom. The Balaban J connectivity index is 1.85. The largest absolute Gasteiger partial charge is 0.361 e. The number of hydrogen-bond donors (Lipinski definition) is 2. The molecule has 9 nitrogen and oxygen atoms in total. The molecule has 0 spiro atoms. The van der Waals surface area contributed by atoms with Crippen molar-refractivity contribution >= 4 is 48.2 Å². The summed E-state index contributed by atoms with van der Waals surface area (Å²) in [5.41, 5.74) is 3.87. The Bertz CT molecular complexity index is 1650. The maximum Gasteiger partial charge on any atom is 0.289 e. The second kappa shape index (κ2) is 9.67. The van der Waals surface area contributed by atoms with Crippen LogP contribution in [0.1, 0.15) is 42.7 Å². The van der Waals surface area contributed by atoms with Gasteiger partial charge in [-0.25, -0.2) is 22.3 Å². The predicted octanol–water partition coefficient (Wildman–Crippen LogP) is 3.55. The number of para-hydroxylation sites is 1. The van der Waals surface area contributed by atoms with Crippen LogP contribution in [0.3, 0.4) is 0 Å². The normalized spacial score (nSPS) is 12.6. The molecule has 0 atom stereocenters. The molecule has 0 unspecified atom stereocenters. The van der Waals surface area contributed by atoms with Gasteiger partial charge in [-0.05, 0) is 31.0 Å². The van der Waals surface area contributed by atoms with Crippen molar-refractivity contribution < 1.29 is 21.6 Å². The number of carbonyl (C=O) groups excluding carboxylic acids is 1. The van der Waals surface area contributed by atoms with Crippen molar-refractivity contribution in [3.8, 4) is 0 Å². The Morgan fingerprint density at radius 3 is 2.34 bits per heavy atom. The van der Waals surface area contributed by atoms with E-state index in [4.69, 9.17) is 0 Å². The first-order valence-electron chi connectivity index (χ1n) is 11.2. The number of hydrazone groups is 1. The van der Waals surface area contributed by atoms with Crippen LogP contribution in [0.4, 0.5) is 0 Å². The Kier molecular flexibility index (Phi) is 6.82. The number of H-pyrrole nitrogens is 1. The molecular weight excluding hydrogens is 488 g/mol. The van der Waals surface area contributed by atoms with E-state index in [1.54, 1.807) is 32.2 Å². The van der Waals surface area contributed by atoms with E-state index in [0.29, 0.717) is 6.42 Å². The van der Waals surface area contributed by atoms with Gasteiger partial charge in [0.25, 0.3) is 5.91 Å². The molecule has 0 saturated heterocycles. The molecule has 1 aromatic carbocycles. The number of aromatic amines is 1. The highest BCUT2D eigenvalue weighted by molar-refractivity contribution is 7.94. The minimum absolute atomic E-state index is 0.140. The van der Waals surface area contributed by atoms with E-state index in [-0.39, 0.29) is 34.0 Å². The van der Waals surface area contributed by atoms with Gasteiger partial charge in [0, 0.05) is 28.9 Å². The van der Waals surface area contributed by atoms with Crippen LogP contribution in [-0.4, -0.2) is 49.8 Å². The molecule has 4 aromatic rings. The third-order valence-electron chi connectivity index (χ3n) is 5.53. The van der Waals surface area contributed by atoms with Crippen LogP contribution in [-0.2, 0) is 19.7 Å². The van der Waals surface area contributed by atoms with E-state index in [2.05, 4.69) is 15.5 Å². The summed E-state index contributed by atoms with van der Waals surface area (Å²) in [7, 11) is -8.08. The first-order valence-corrected chi connectivity index (χ1v) is 14.5. The Morgan fingerprint density at radius 2 is 1.63 bits per heavy atom. The monoisotopic (exact) mass is 514 g/mol. The lowest BCUT2D eigenvalue weighted by atomic mass is 10.2. The summed E-state index contributed by atoms with van der Waals surface area (Å²) in [6, 6.07) is 12.3. The summed E-state index contributed by atoms with van der Waals surface area (Å²) < 4.78 is 54.3. The van der Waals surface area contributed by atoms with Gasteiger partial charge in [0.15, 0.2) is 19.7 Å². The van der Waals surface area contributed by atoms with Crippen molar-refractivity contribution in [2.45, 2.75) is 36.5 Å². The van der Waals surface area contributed by atoms with E-state index < -0.39 is 30.5 Å². The number of nitrogens with one attached hydrogen (secondary N) is 2. The van der Waals surface area contributed by atoms with Gasteiger partial charge < -0.3 is 9.38 Å². The van der Waals surface area contributed by atoms with E-state index >= 15 is 0 Å². The van der Waals surface area contributed by atoms with Gasteiger partial charge >= 0.3 is 0 Å². The second-order valence-electron chi connectivity index (χ2n) is 8.09. The quantitative estimate of drug-likeness (QED) is 0.261. The third kappa shape index (κ3) is 4.61. The van der Waals surface area contributed by atoms with Crippen LogP contribution in [0.15, 0.2) is 69.8 Å². The smallest absolute Gasteiger partial charge is 0.289 e. The molecule has 3 heterocycles.